The zero-order chi connectivity index (χ0) is 21.2. The van der Waals surface area contributed by atoms with Crippen molar-refractivity contribution in [2.75, 3.05) is 37.4 Å². The molecule has 2 aromatic rings. The zero-order valence-corrected chi connectivity index (χ0v) is 17.2. The van der Waals surface area contributed by atoms with Crippen LogP contribution in [0.4, 0.5) is 11.4 Å². The van der Waals surface area contributed by atoms with E-state index in [-0.39, 0.29) is 24.9 Å². The number of likely N-dealkylation sites (N-methyl/N-ethyl adjacent to an activating group) is 1. The van der Waals surface area contributed by atoms with Crippen LogP contribution in [0, 0.1) is 0 Å². The predicted octanol–water partition coefficient (Wildman–Crippen LogP) is 3.42. The lowest BCUT2D eigenvalue weighted by molar-refractivity contribution is -0.119. The summed E-state index contributed by atoms with van der Waals surface area (Å²) in [7, 11) is 1.67. The van der Waals surface area contributed by atoms with Gasteiger partial charge in [-0.05, 0) is 49.9 Å². The van der Waals surface area contributed by atoms with Gasteiger partial charge in [-0.2, -0.15) is 0 Å². The number of amides is 2. The third-order valence-electron chi connectivity index (χ3n) is 3.82. The molecule has 0 aromatic heterocycles. The second kappa shape index (κ2) is 11.2. The fourth-order valence-corrected chi connectivity index (χ4v) is 2.65. The van der Waals surface area contributed by atoms with Gasteiger partial charge in [0.05, 0.1) is 36.0 Å². The van der Waals surface area contributed by atoms with E-state index in [9.17, 15) is 14.4 Å². The Labute approximate surface area is 175 Å². The molecule has 29 heavy (non-hydrogen) atoms. The van der Waals surface area contributed by atoms with Gasteiger partial charge in [0.2, 0.25) is 11.8 Å². The molecule has 0 unspecified atom stereocenters. The van der Waals surface area contributed by atoms with Crippen molar-refractivity contribution in [3.05, 3.63) is 59.1 Å². The molecule has 0 spiro atoms. The van der Waals surface area contributed by atoms with Gasteiger partial charge in [-0.25, -0.2) is 4.79 Å². The van der Waals surface area contributed by atoms with Crippen LogP contribution in [-0.2, 0) is 14.3 Å². The number of para-hydroxylation sites is 1. The summed E-state index contributed by atoms with van der Waals surface area (Å²) in [6.07, 6.45) is 0.754. The Balaban J connectivity index is 1.80. The molecule has 2 N–H and O–H groups in total. The summed E-state index contributed by atoms with van der Waals surface area (Å²) in [6, 6.07) is 13.4. The third-order valence-corrected chi connectivity index (χ3v) is 4.15. The second-order valence-corrected chi connectivity index (χ2v) is 6.87. The van der Waals surface area contributed by atoms with E-state index in [4.69, 9.17) is 16.3 Å². The van der Waals surface area contributed by atoms with Crippen molar-refractivity contribution in [3.8, 4) is 0 Å². The molecule has 0 heterocycles. The first-order valence-corrected chi connectivity index (χ1v) is 9.56. The van der Waals surface area contributed by atoms with E-state index in [1.54, 1.807) is 60.5 Å². The van der Waals surface area contributed by atoms with E-state index in [0.29, 0.717) is 28.6 Å². The van der Waals surface area contributed by atoms with Crippen LogP contribution in [-0.4, -0.2) is 49.4 Å². The lowest BCUT2D eigenvalue weighted by atomic mass is 10.2. The predicted molar refractivity (Wildman–Crippen MR) is 113 cm³/mol. The van der Waals surface area contributed by atoms with Gasteiger partial charge in [-0.1, -0.05) is 30.7 Å². The summed E-state index contributed by atoms with van der Waals surface area (Å²) < 4.78 is 5.06. The molecule has 7 nitrogen and oxygen atoms in total. The molecular formula is C21H24ClN3O4. The highest BCUT2D eigenvalue weighted by molar-refractivity contribution is 6.33. The molecule has 0 aliphatic heterocycles. The van der Waals surface area contributed by atoms with E-state index in [0.717, 1.165) is 6.42 Å². The minimum atomic E-state index is -0.394. The number of anilines is 2. The highest BCUT2D eigenvalue weighted by Gasteiger charge is 2.13. The van der Waals surface area contributed by atoms with Gasteiger partial charge in [-0.3, -0.25) is 14.5 Å². The SMILES string of the molecule is CCCOC(=O)c1ccc(NC(=O)CN(C)CC(=O)Nc2ccccc2Cl)cc1. The van der Waals surface area contributed by atoms with Gasteiger partial charge in [-0.15, -0.1) is 0 Å². The molecule has 0 saturated heterocycles. The van der Waals surface area contributed by atoms with Crippen molar-refractivity contribution in [1.29, 1.82) is 0 Å². The minimum Gasteiger partial charge on any atom is -0.462 e. The van der Waals surface area contributed by atoms with Crippen LogP contribution in [0.3, 0.4) is 0 Å². The maximum absolute atomic E-state index is 12.2. The number of nitrogens with zero attached hydrogens (tertiary/aromatic N) is 1. The fraction of sp³-hybridized carbons (Fsp3) is 0.286. The third kappa shape index (κ3) is 7.56. The van der Waals surface area contributed by atoms with E-state index in [1.165, 1.54) is 0 Å². The fourth-order valence-electron chi connectivity index (χ4n) is 2.47. The van der Waals surface area contributed by atoms with Gasteiger partial charge >= 0.3 is 5.97 Å². The molecule has 2 rings (SSSR count). The van der Waals surface area contributed by atoms with Gasteiger partial charge in [0.1, 0.15) is 0 Å². The number of halogens is 1. The molecule has 2 amide bonds. The number of esters is 1. The monoisotopic (exact) mass is 417 g/mol. The first-order valence-electron chi connectivity index (χ1n) is 9.19. The van der Waals surface area contributed by atoms with Gasteiger partial charge in [0, 0.05) is 5.69 Å². The van der Waals surface area contributed by atoms with Gasteiger partial charge < -0.3 is 15.4 Å². The maximum Gasteiger partial charge on any atom is 0.338 e. The highest BCUT2D eigenvalue weighted by atomic mass is 35.5. The molecule has 0 saturated carbocycles. The van der Waals surface area contributed by atoms with Crippen molar-refractivity contribution in [2.24, 2.45) is 0 Å². The summed E-state index contributed by atoms with van der Waals surface area (Å²) in [5.74, 6) is -0.948. The second-order valence-electron chi connectivity index (χ2n) is 6.46. The number of carbonyl (C=O) groups excluding carboxylic acids is 3. The van der Waals surface area contributed by atoms with Gasteiger partial charge in [0.25, 0.3) is 0 Å². The number of rotatable bonds is 9. The Bertz CT molecular complexity index is 855. The van der Waals surface area contributed by atoms with Gasteiger partial charge in [0.15, 0.2) is 0 Å². The van der Waals surface area contributed by atoms with Crippen LogP contribution in [0.15, 0.2) is 48.5 Å². The van der Waals surface area contributed by atoms with Crippen LogP contribution < -0.4 is 10.6 Å². The quantitative estimate of drug-likeness (QED) is 0.610. The zero-order valence-electron chi connectivity index (χ0n) is 16.4. The smallest absolute Gasteiger partial charge is 0.338 e. The standard InChI is InChI=1S/C21H24ClN3O4/c1-3-12-29-21(28)15-8-10-16(11-9-15)23-19(26)13-25(2)14-20(27)24-18-7-5-4-6-17(18)22/h4-11H,3,12-14H2,1-2H3,(H,23,26)(H,24,27). The van der Waals surface area contributed by atoms with Crippen LogP contribution in [0.1, 0.15) is 23.7 Å². The number of nitrogens with one attached hydrogen (secondary N) is 2. The Morgan fingerprint density at radius 2 is 1.59 bits per heavy atom. The Kier molecular flexibility index (Phi) is 8.64. The largest absolute Gasteiger partial charge is 0.462 e. The van der Waals surface area contributed by atoms with Crippen molar-refractivity contribution >= 4 is 40.8 Å². The molecule has 0 fully saturated rings. The average molecular weight is 418 g/mol. The number of benzene rings is 2. The van der Waals surface area contributed by atoms with Crippen molar-refractivity contribution in [3.63, 3.8) is 0 Å². The molecule has 154 valence electrons. The summed E-state index contributed by atoms with van der Waals surface area (Å²) in [5.41, 5.74) is 1.50. The number of hydrogen-bond donors (Lipinski definition) is 2. The maximum atomic E-state index is 12.2. The number of ether oxygens (including phenoxy) is 1. The molecule has 8 heteroatoms. The molecular weight excluding hydrogens is 394 g/mol. The van der Waals surface area contributed by atoms with Crippen LogP contribution >= 0.6 is 11.6 Å². The Hall–Kier alpha value is -2.90. The minimum absolute atomic E-state index is 0.0240. The van der Waals surface area contributed by atoms with E-state index in [1.807, 2.05) is 6.92 Å². The first kappa shape index (κ1) is 22.4. The van der Waals surface area contributed by atoms with Crippen LogP contribution in [0.25, 0.3) is 0 Å². The average Bonchev–Trinajstić information content (AvgIpc) is 2.68. The van der Waals surface area contributed by atoms with E-state index < -0.39 is 5.97 Å². The van der Waals surface area contributed by atoms with Crippen LogP contribution in [0.2, 0.25) is 5.02 Å². The summed E-state index contributed by atoms with van der Waals surface area (Å²) >= 11 is 6.01. The van der Waals surface area contributed by atoms with Crippen LogP contribution in [0.5, 0.6) is 0 Å². The summed E-state index contributed by atoms with van der Waals surface area (Å²) in [5, 5.41) is 5.88. The number of carbonyl (C=O) groups is 3. The first-order chi connectivity index (χ1) is 13.9. The molecule has 0 atom stereocenters. The normalized spacial score (nSPS) is 10.5. The lowest BCUT2D eigenvalue weighted by Gasteiger charge is -2.16. The number of hydrogen-bond acceptors (Lipinski definition) is 5. The van der Waals surface area contributed by atoms with Crippen molar-refractivity contribution in [1.82, 2.24) is 4.90 Å². The van der Waals surface area contributed by atoms with E-state index in [2.05, 4.69) is 10.6 Å². The molecule has 0 radical (unpaired) electrons. The topological polar surface area (TPSA) is 87.7 Å². The summed E-state index contributed by atoms with van der Waals surface area (Å²) in [6.45, 7) is 2.34. The van der Waals surface area contributed by atoms with Crippen molar-refractivity contribution in [2.45, 2.75) is 13.3 Å². The Morgan fingerprint density at radius 1 is 0.966 bits per heavy atom. The Morgan fingerprint density at radius 3 is 2.21 bits per heavy atom. The lowest BCUT2D eigenvalue weighted by Crippen LogP contribution is -2.36. The van der Waals surface area contributed by atoms with Crippen molar-refractivity contribution < 1.29 is 19.1 Å². The molecule has 0 bridgehead atoms. The van der Waals surface area contributed by atoms with E-state index >= 15 is 0 Å². The molecule has 2 aromatic carbocycles. The molecule has 0 aliphatic rings. The summed E-state index contributed by atoms with van der Waals surface area (Å²) in [4.78, 5) is 37.6. The highest BCUT2D eigenvalue weighted by Crippen LogP contribution is 2.20. The molecule has 0 aliphatic carbocycles.